The highest BCUT2D eigenvalue weighted by molar-refractivity contribution is 6.31. The van der Waals surface area contributed by atoms with E-state index in [0.717, 1.165) is 18.7 Å². The van der Waals surface area contributed by atoms with Crippen LogP contribution in [0, 0.1) is 16.0 Å². The summed E-state index contributed by atoms with van der Waals surface area (Å²) in [4.78, 5) is 12.4. The van der Waals surface area contributed by atoms with E-state index < -0.39 is 4.92 Å². The summed E-state index contributed by atoms with van der Waals surface area (Å²) in [6.07, 6.45) is 0. The maximum Gasteiger partial charge on any atom is 0.270 e. The average molecular weight is 270 g/mol. The number of nitro groups is 1. The first-order chi connectivity index (χ1) is 8.47. The molecule has 0 amide bonds. The first-order valence-electron chi connectivity index (χ1n) is 5.88. The molecule has 1 aromatic rings. The van der Waals surface area contributed by atoms with Gasteiger partial charge in [0.1, 0.15) is 0 Å². The number of likely N-dealkylation sites (tertiary alicyclic amines) is 1. The number of halogens is 1. The van der Waals surface area contributed by atoms with E-state index >= 15 is 0 Å². The minimum atomic E-state index is -0.441. The maximum absolute atomic E-state index is 10.6. The molecule has 2 N–H and O–H groups in total. The largest absolute Gasteiger partial charge is 0.326 e. The van der Waals surface area contributed by atoms with Gasteiger partial charge in [0.05, 0.1) is 9.95 Å². The van der Waals surface area contributed by atoms with Gasteiger partial charge >= 0.3 is 0 Å². The predicted octanol–water partition coefficient (Wildman–Crippen LogP) is 2.03. The van der Waals surface area contributed by atoms with Crippen molar-refractivity contribution in [3.8, 4) is 0 Å². The third-order valence-electron chi connectivity index (χ3n) is 3.39. The highest BCUT2D eigenvalue weighted by Gasteiger charge is 2.26. The molecule has 1 fully saturated rings. The second-order valence-electron chi connectivity index (χ2n) is 4.87. The van der Waals surface area contributed by atoms with Crippen LogP contribution in [0.2, 0.25) is 5.02 Å². The fraction of sp³-hybridized carbons (Fsp3) is 0.500. The Hall–Kier alpha value is -1.17. The van der Waals surface area contributed by atoms with E-state index in [2.05, 4.69) is 11.8 Å². The smallest absolute Gasteiger partial charge is 0.270 e. The summed E-state index contributed by atoms with van der Waals surface area (Å²) < 4.78 is 0. The predicted molar refractivity (Wildman–Crippen MR) is 70.5 cm³/mol. The van der Waals surface area contributed by atoms with Crippen LogP contribution in [0.15, 0.2) is 18.2 Å². The van der Waals surface area contributed by atoms with Crippen molar-refractivity contribution in [3.05, 3.63) is 38.9 Å². The van der Waals surface area contributed by atoms with Gasteiger partial charge in [0.2, 0.25) is 0 Å². The summed E-state index contributed by atoms with van der Waals surface area (Å²) in [5, 5.41) is 11.1. The summed E-state index contributed by atoms with van der Waals surface area (Å²) >= 11 is 6.06. The van der Waals surface area contributed by atoms with Gasteiger partial charge in [-0.3, -0.25) is 15.0 Å². The molecule has 5 nitrogen and oxygen atoms in total. The Morgan fingerprint density at radius 2 is 2.28 bits per heavy atom. The summed E-state index contributed by atoms with van der Waals surface area (Å²) in [7, 11) is 0. The molecule has 0 spiro atoms. The standard InChI is InChI=1S/C12H16ClN3O2/c1-8-5-15(7-12(8)14)6-9-2-3-10(16(17)18)4-11(9)13/h2-4,8,12H,5-7,14H2,1H3. The molecule has 1 heterocycles. The average Bonchev–Trinajstić information content (AvgIpc) is 2.61. The molecule has 98 valence electrons. The van der Waals surface area contributed by atoms with E-state index in [9.17, 15) is 10.1 Å². The van der Waals surface area contributed by atoms with E-state index in [0.29, 0.717) is 17.5 Å². The molecule has 0 aliphatic carbocycles. The topological polar surface area (TPSA) is 72.4 Å². The highest BCUT2D eigenvalue weighted by atomic mass is 35.5. The third-order valence-corrected chi connectivity index (χ3v) is 3.74. The van der Waals surface area contributed by atoms with Gasteiger partial charge in [-0.05, 0) is 17.5 Å². The lowest BCUT2D eigenvalue weighted by atomic mass is 10.1. The number of nitro benzene ring substituents is 1. The number of nitrogens with zero attached hydrogens (tertiary/aromatic N) is 2. The zero-order valence-electron chi connectivity index (χ0n) is 10.2. The van der Waals surface area contributed by atoms with E-state index in [1.165, 1.54) is 12.1 Å². The zero-order valence-corrected chi connectivity index (χ0v) is 10.9. The molecule has 1 aliphatic heterocycles. The fourth-order valence-electron chi connectivity index (χ4n) is 2.24. The lowest BCUT2D eigenvalue weighted by Crippen LogP contribution is -2.28. The molecular formula is C12H16ClN3O2. The van der Waals surface area contributed by atoms with Crippen molar-refractivity contribution in [2.75, 3.05) is 13.1 Å². The van der Waals surface area contributed by atoms with Crippen molar-refractivity contribution in [1.82, 2.24) is 4.90 Å². The Morgan fingerprint density at radius 1 is 1.56 bits per heavy atom. The molecule has 0 saturated carbocycles. The molecule has 0 radical (unpaired) electrons. The van der Waals surface area contributed by atoms with Crippen LogP contribution in [0.3, 0.4) is 0 Å². The Morgan fingerprint density at radius 3 is 2.78 bits per heavy atom. The van der Waals surface area contributed by atoms with Gasteiger partial charge < -0.3 is 5.73 Å². The van der Waals surface area contributed by atoms with Crippen molar-refractivity contribution >= 4 is 17.3 Å². The molecule has 1 aliphatic rings. The monoisotopic (exact) mass is 269 g/mol. The summed E-state index contributed by atoms with van der Waals surface area (Å²) in [6, 6.07) is 4.80. The third kappa shape index (κ3) is 2.80. The van der Waals surface area contributed by atoms with E-state index in [-0.39, 0.29) is 11.7 Å². The lowest BCUT2D eigenvalue weighted by molar-refractivity contribution is -0.384. The molecule has 1 saturated heterocycles. The molecule has 6 heteroatoms. The number of hydrogen-bond acceptors (Lipinski definition) is 4. The molecule has 2 rings (SSSR count). The van der Waals surface area contributed by atoms with Gasteiger partial charge in [0, 0.05) is 37.8 Å². The molecule has 0 bridgehead atoms. The summed E-state index contributed by atoms with van der Waals surface area (Å²) in [5.74, 6) is 0.474. The van der Waals surface area contributed by atoms with Gasteiger partial charge in [0.25, 0.3) is 5.69 Å². The quantitative estimate of drug-likeness (QED) is 0.673. The number of nitrogens with two attached hydrogens (primary N) is 1. The summed E-state index contributed by atoms with van der Waals surface area (Å²) in [6.45, 7) is 4.60. The Labute approximate surface area is 111 Å². The van der Waals surface area contributed by atoms with Gasteiger partial charge in [-0.15, -0.1) is 0 Å². The molecule has 1 aromatic carbocycles. The van der Waals surface area contributed by atoms with E-state index in [1.54, 1.807) is 6.07 Å². The first-order valence-corrected chi connectivity index (χ1v) is 6.26. The van der Waals surface area contributed by atoms with Crippen LogP contribution in [0.1, 0.15) is 12.5 Å². The van der Waals surface area contributed by atoms with Crippen molar-refractivity contribution in [2.24, 2.45) is 11.7 Å². The van der Waals surface area contributed by atoms with Crippen molar-refractivity contribution in [2.45, 2.75) is 19.5 Å². The minimum absolute atomic E-state index is 0.0234. The van der Waals surface area contributed by atoms with Crippen LogP contribution in [0.5, 0.6) is 0 Å². The van der Waals surface area contributed by atoms with Gasteiger partial charge in [-0.2, -0.15) is 0 Å². The molecule has 2 unspecified atom stereocenters. The second kappa shape index (κ2) is 5.22. The van der Waals surface area contributed by atoms with Crippen molar-refractivity contribution in [1.29, 1.82) is 0 Å². The first kappa shape index (κ1) is 13.3. The number of rotatable bonds is 3. The Bertz CT molecular complexity index is 457. The van der Waals surface area contributed by atoms with Crippen LogP contribution in [0.4, 0.5) is 5.69 Å². The van der Waals surface area contributed by atoms with Gasteiger partial charge in [-0.25, -0.2) is 0 Å². The van der Waals surface area contributed by atoms with Crippen LogP contribution in [-0.4, -0.2) is 29.0 Å². The normalized spacial score (nSPS) is 24.4. The number of non-ortho nitro benzene ring substituents is 1. The lowest BCUT2D eigenvalue weighted by Gasteiger charge is -2.16. The van der Waals surface area contributed by atoms with Crippen molar-refractivity contribution in [3.63, 3.8) is 0 Å². The maximum atomic E-state index is 10.6. The molecule has 2 atom stereocenters. The highest BCUT2D eigenvalue weighted by Crippen LogP contribution is 2.25. The van der Waals surface area contributed by atoms with Crippen LogP contribution in [0.25, 0.3) is 0 Å². The Kier molecular flexibility index (Phi) is 3.85. The molecule has 18 heavy (non-hydrogen) atoms. The zero-order chi connectivity index (χ0) is 13.3. The number of hydrogen-bond donors (Lipinski definition) is 1. The van der Waals surface area contributed by atoms with Gasteiger partial charge in [0.15, 0.2) is 0 Å². The van der Waals surface area contributed by atoms with Crippen LogP contribution >= 0.6 is 11.6 Å². The fourth-order valence-corrected chi connectivity index (χ4v) is 2.48. The van der Waals surface area contributed by atoms with Gasteiger partial charge in [-0.1, -0.05) is 18.5 Å². The van der Waals surface area contributed by atoms with Crippen molar-refractivity contribution < 1.29 is 4.92 Å². The second-order valence-corrected chi connectivity index (χ2v) is 5.28. The van der Waals surface area contributed by atoms with Crippen LogP contribution < -0.4 is 5.73 Å². The summed E-state index contributed by atoms with van der Waals surface area (Å²) in [5.41, 5.74) is 6.89. The number of benzene rings is 1. The molecule has 0 aromatic heterocycles. The van der Waals surface area contributed by atoms with E-state index in [4.69, 9.17) is 17.3 Å². The SMILES string of the molecule is CC1CN(Cc2ccc([N+](=O)[O-])cc2Cl)CC1N. The van der Waals surface area contributed by atoms with E-state index in [1.807, 2.05) is 0 Å². The molecular weight excluding hydrogens is 254 g/mol. The Balaban J connectivity index is 2.08. The van der Waals surface area contributed by atoms with Crippen LogP contribution in [-0.2, 0) is 6.54 Å². The minimum Gasteiger partial charge on any atom is -0.326 e.